The van der Waals surface area contributed by atoms with Crippen LogP contribution in [0.15, 0.2) is 4.74 Å². The molecule has 18 heavy (non-hydrogen) atoms. The molecule has 0 saturated carbocycles. The lowest BCUT2D eigenvalue weighted by molar-refractivity contribution is -0.145. The second kappa shape index (κ2) is 9.08. The number of hydrogen-bond acceptors (Lipinski definition) is 5. The van der Waals surface area contributed by atoms with Gasteiger partial charge in [0.2, 0.25) is 7.51 Å². The van der Waals surface area contributed by atoms with Crippen LogP contribution >= 0.6 is 7.51 Å². The van der Waals surface area contributed by atoms with Crippen LogP contribution in [0, 0.1) is 0 Å². The molecule has 0 rings (SSSR count). The first-order valence-electron chi connectivity index (χ1n) is 4.52. The molecule has 8 heteroatoms. The third kappa shape index (κ3) is 7.42. The van der Waals surface area contributed by atoms with Crippen LogP contribution in [0.5, 0.6) is 0 Å². The average Bonchev–Trinajstić information content (AvgIpc) is 2.17. The molecule has 0 bridgehead atoms. The van der Waals surface area contributed by atoms with Gasteiger partial charge in [-0.3, -0.25) is 4.74 Å². The van der Waals surface area contributed by atoms with E-state index in [1.807, 2.05) is 0 Å². The molecule has 0 aliphatic rings. The van der Waals surface area contributed by atoms with Crippen LogP contribution in [0.4, 0.5) is 0 Å². The van der Waals surface area contributed by atoms with E-state index in [4.69, 9.17) is 19.3 Å². The summed E-state index contributed by atoms with van der Waals surface area (Å²) in [6, 6.07) is 0. The molecular formula is C10H24NO6P. The number of carboxylic acid groups (broad SMARTS) is 2. The molecule has 0 aliphatic heterocycles. The molecule has 2 unspecified atom stereocenters. The topological polar surface area (TPSA) is 105 Å². The highest BCUT2D eigenvalue weighted by atomic mass is 31.2. The van der Waals surface area contributed by atoms with Gasteiger partial charge in [0.15, 0.2) is 12.2 Å². The quantitative estimate of drug-likeness (QED) is 0.726. The molecule has 0 aromatic rings. The molecule has 0 radical (unpaired) electrons. The number of aliphatic carboxylic acids is 2. The molecular weight excluding hydrogens is 261 g/mol. The van der Waals surface area contributed by atoms with Gasteiger partial charge in [0.25, 0.3) is 0 Å². The fraction of sp³-hybridized carbons (Fsp3) is 0.800. The zero-order chi connectivity index (χ0) is 12.9. The average molecular weight is 285 g/mol. The van der Waals surface area contributed by atoms with Gasteiger partial charge in [-0.05, 0) is 13.8 Å². The van der Waals surface area contributed by atoms with Gasteiger partial charge in [-0.15, -0.1) is 0 Å². The summed E-state index contributed by atoms with van der Waals surface area (Å²) in [6.45, 7) is 4.13. The molecule has 0 spiro atoms. The number of hydrogen-bond donors (Lipinski definition) is 2. The van der Waals surface area contributed by atoms with Crippen molar-refractivity contribution in [3.8, 4) is 0 Å². The predicted octanol–water partition coefficient (Wildman–Crippen LogP) is 2.53. The van der Waals surface area contributed by atoms with Crippen molar-refractivity contribution in [1.29, 1.82) is 0 Å². The van der Waals surface area contributed by atoms with Gasteiger partial charge >= 0.3 is 11.9 Å². The summed E-state index contributed by atoms with van der Waals surface area (Å²) in [7, 11) is -1.41. The van der Waals surface area contributed by atoms with Gasteiger partial charge in [0.05, 0.1) is 0 Å². The Kier molecular flexibility index (Phi) is 11.2. The van der Waals surface area contributed by atoms with Crippen LogP contribution in [0.2, 0.25) is 0 Å². The van der Waals surface area contributed by atoms with Crippen molar-refractivity contribution in [3.63, 3.8) is 0 Å². The molecule has 0 aliphatic carbocycles. The maximum Gasteiger partial charge on any atom is 0.333 e. The van der Waals surface area contributed by atoms with Crippen molar-refractivity contribution in [1.82, 2.24) is 0 Å². The van der Waals surface area contributed by atoms with E-state index >= 15 is 0 Å². The lowest BCUT2D eigenvalue weighted by atomic mass is 10.4. The smallest absolute Gasteiger partial charge is 0.333 e. The first-order valence-corrected chi connectivity index (χ1v) is 6.54. The van der Waals surface area contributed by atoms with Gasteiger partial charge in [-0.2, -0.15) is 0 Å². The lowest BCUT2D eigenvalue weighted by Crippen LogP contribution is -2.23. The monoisotopic (exact) mass is 285 g/mol. The van der Waals surface area contributed by atoms with Crippen molar-refractivity contribution < 1.29 is 28.8 Å². The Bertz CT molecular complexity index is 304. The third-order valence-electron chi connectivity index (χ3n) is 1.77. The molecule has 2 N–H and O–H groups in total. The third-order valence-corrected chi connectivity index (χ3v) is 3.91. The van der Waals surface area contributed by atoms with E-state index in [2.05, 4.69) is 4.74 Å². The van der Waals surface area contributed by atoms with Crippen LogP contribution in [-0.2, 0) is 18.6 Å². The summed E-state index contributed by atoms with van der Waals surface area (Å²) >= 11 is 0. The van der Waals surface area contributed by atoms with Crippen molar-refractivity contribution >= 4 is 19.4 Å². The van der Waals surface area contributed by atoms with Crippen molar-refractivity contribution in [2.24, 2.45) is 4.74 Å². The summed E-state index contributed by atoms with van der Waals surface area (Å²) in [4.78, 5) is 21.2. The maximum absolute atomic E-state index is 10.6. The maximum atomic E-state index is 10.6. The SMILES string of the molecule is C.C.CN=P(C)(OC(C)C(=O)O)OC(C)C(=O)O. The van der Waals surface area contributed by atoms with E-state index in [-0.39, 0.29) is 14.9 Å². The minimum Gasteiger partial charge on any atom is -0.479 e. The highest BCUT2D eigenvalue weighted by Crippen LogP contribution is 2.49. The molecule has 0 aromatic carbocycles. The number of carboxylic acids is 2. The summed E-state index contributed by atoms with van der Waals surface area (Å²) in [5.41, 5.74) is 0. The Hall–Kier alpha value is -0.910. The minimum absolute atomic E-state index is 0. The lowest BCUT2D eigenvalue weighted by Gasteiger charge is -2.23. The first-order chi connectivity index (χ1) is 7.22. The number of rotatable bonds is 6. The number of carbonyl (C=O) groups is 2. The van der Waals surface area contributed by atoms with Crippen molar-refractivity contribution in [2.75, 3.05) is 13.7 Å². The molecule has 110 valence electrons. The fourth-order valence-electron chi connectivity index (χ4n) is 0.796. The number of nitrogens with zero attached hydrogens (tertiary/aromatic N) is 1. The minimum atomic E-state index is -2.81. The van der Waals surface area contributed by atoms with Crippen LogP contribution in [0.3, 0.4) is 0 Å². The largest absolute Gasteiger partial charge is 0.479 e. The van der Waals surface area contributed by atoms with Crippen LogP contribution in [0.1, 0.15) is 28.7 Å². The van der Waals surface area contributed by atoms with Crippen LogP contribution < -0.4 is 0 Å². The molecule has 2 atom stereocenters. The summed E-state index contributed by atoms with van der Waals surface area (Å²) in [5, 5.41) is 17.3. The van der Waals surface area contributed by atoms with Crippen molar-refractivity contribution in [3.05, 3.63) is 0 Å². The molecule has 0 aromatic heterocycles. The first kappa shape index (κ1) is 22.3. The van der Waals surface area contributed by atoms with Crippen LogP contribution in [-0.4, -0.2) is 48.1 Å². The van der Waals surface area contributed by atoms with Crippen molar-refractivity contribution in [2.45, 2.75) is 40.9 Å². The van der Waals surface area contributed by atoms with E-state index in [1.54, 1.807) is 0 Å². The summed E-state index contributed by atoms with van der Waals surface area (Å²) < 4.78 is 14.1. The summed E-state index contributed by atoms with van der Waals surface area (Å²) in [5.74, 6) is -2.30. The van der Waals surface area contributed by atoms with E-state index in [0.717, 1.165) is 0 Å². The second-order valence-corrected chi connectivity index (χ2v) is 5.60. The predicted molar refractivity (Wildman–Crippen MR) is 71.0 cm³/mol. The van der Waals surface area contributed by atoms with Gasteiger partial charge in [-0.25, -0.2) is 9.59 Å². The van der Waals surface area contributed by atoms with E-state index in [9.17, 15) is 9.59 Å². The zero-order valence-corrected chi connectivity index (χ0v) is 10.5. The van der Waals surface area contributed by atoms with E-state index in [0.29, 0.717) is 0 Å². The van der Waals surface area contributed by atoms with E-state index < -0.39 is 31.7 Å². The standard InChI is InChI=1S/C8H16NO6P.2CH4/c1-5(7(10)11)14-16(4,9-3)15-6(2)8(12)13;;/h5-6H,1-4H3,(H,10,11)(H,12,13);2*1H4. The highest BCUT2D eigenvalue weighted by molar-refractivity contribution is 7.55. The molecule has 0 fully saturated rings. The van der Waals surface area contributed by atoms with Gasteiger partial charge in [0.1, 0.15) is 0 Å². The summed E-state index contributed by atoms with van der Waals surface area (Å²) in [6.07, 6.45) is -2.19. The normalized spacial score (nSPS) is 16.2. The molecule has 0 amide bonds. The Labute approximate surface area is 108 Å². The van der Waals surface area contributed by atoms with E-state index in [1.165, 1.54) is 27.6 Å². The molecule has 0 saturated heterocycles. The highest BCUT2D eigenvalue weighted by Gasteiger charge is 2.26. The Morgan fingerprint density at radius 1 is 1.06 bits per heavy atom. The fourth-order valence-corrected chi connectivity index (χ4v) is 2.39. The van der Waals surface area contributed by atoms with Gasteiger partial charge < -0.3 is 19.3 Å². The Balaban J connectivity index is -0.00000112. The van der Waals surface area contributed by atoms with Gasteiger partial charge in [0, 0.05) is 13.7 Å². The molecule has 0 heterocycles. The zero-order valence-electron chi connectivity index (χ0n) is 9.58. The van der Waals surface area contributed by atoms with Crippen LogP contribution in [0.25, 0.3) is 0 Å². The second-order valence-electron chi connectivity index (χ2n) is 3.17. The Morgan fingerprint density at radius 2 is 1.33 bits per heavy atom. The van der Waals surface area contributed by atoms with Gasteiger partial charge in [-0.1, -0.05) is 14.9 Å². The Morgan fingerprint density at radius 3 is 1.50 bits per heavy atom. The molecule has 7 nitrogen and oxygen atoms in total.